The second kappa shape index (κ2) is 15.2. The predicted molar refractivity (Wildman–Crippen MR) is 178 cm³/mol. The number of hydrogen-bond acceptors (Lipinski definition) is 6. The van der Waals surface area contributed by atoms with E-state index in [1.165, 1.54) is 4.90 Å². The molecule has 10 heteroatoms. The number of likely N-dealkylation sites (N-methyl/N-ethyl adjacent to an activating group) is 1. The van der Waals surface area contributed by atoms with E-state index in [0.717, 1.165) is 11.1 Å². The van der Waals surface area contributed by atoms with Crippen molar-refractivity contribution >= 4 is 42.2 Å². The Hall–Kier alpha value is -4.44. The average Bonchev–Trinajstić information content (AvgIpc) is 3.21. The van der Waals surface area contributed by atoms with E-state index < -0.39 is 17.3 Å². The maximum Gasteiger partial charge on any atom is 0.261 e. The molecule has 2 heterocycles. The van der Waals surface area contributed by atoms with E-state index in [1.54, 1.807) is 36.2 Å². The largest absolute Gasteiger partial charge is 0.357 e. The van der Waals surface area contributed by atoms with Crippen LogP contribution in [0.2, 0.25) is 0 Å². The summed E-state index contributed by atoms with van der Waals surface area (Å²) in [5, 5.41) is 4.99. The minimum absolute atomic E-state index is 0.000499. The van der Waals surface area contributed by atoms with E-state index >= 15 is 0 Å². The van der Waals surface area contributed by atoms with Crippen molar-refractivity contribution in [1.29, 1.82) is 0 Å². The number of amides is 5. The average molecular weight is 641 g/mol. The van der Waals surface area contributed by atoms with E-state index in [4.69, 9.17) is 0 Å². The van der Waals surface area contributed by atoms with Crippen molar-refractivity contribution in [2.45, 2.75) is 61.8 Å². The second-order valence-electron chi connectivity index (χ2n) is 11.9. The number of fused-ring (bicyclic) bond motifs is 1. The molecule has 1 saturated heterocycles. The van der Waals surface area contributed by atoms with Crippen LogP contribution in [0, 0.1) is 0 Å². The van der Waals surface area contributed by atoms with E-state index in [-0.39, 0.29) is 42.0 Å². The molecule has 3 aromatic rings. The molecule has 9 nitrogen and oxygen atoms in total. The van der Waals surface area contributed by atoms with Gasteiger partial charge in [0.25, 0.3) is 11.8 Å². The smallest absolute Gasteiger partial charge is 0.261 e. The second-order valence-corrected chi connectivity index (χ2v) is 12.5. The first-order valence-electron chi connectivity index (χ1n) is 15.8. The Labute approximate surface area is 275 Å². The van der Waals surface area contributed by atoms with Gasteiger partial charge in [-0.05, 0) is 54.9 Å². The quantitative estimate of drug-likeness (QED) is 0.157. The summed E-state index contributed by atoms with van der Waals surface area (Å²) in [7, 11) is 1.56. The first-order valence-corrected chi connectivity index (χ1v) is 16.3. The van der Waals surface area contributed by atoms with Gasteiger partial charge in [-0.1, -0.05) is 79.2 Å². The third-order valence-corrected chi connectivity index (χ3v) is 9.39. The maximum atomic E-state index is 14.1. The van der Waals surface area contributed by atoms with E-state index in [1.807, 2.05) is 60.7 Å². The summed E-state index contributed by atoms with van der Waals surface area (Å²) in [5.74, 6) is -1.51. The van der Waals surface area contributed by atoms with Crippen LogP contribution in [0.4, 0.5) is 0 Å². The summed E-state index contributed by atoms with van der Waals surface area (Å²) in [6, 6.07) is 24.7. The van der Waals surface area contributed by atoms with Gasteiger partial charge in [-0.2, -0.15) is 12.6 Å². The van der Waals surface area contributed by atoms with Crippen LogP contribution < -0.4 is 10.6 Å². The van der Waals surface area contributed by atoms with Crippen LogP contribution in [0.15, 0.2) is 84.9 Å². The van der Waals surface area contributed by atoms with Crippen LogP contribution >= 0.6 is 12.6 Å². The van der Waals surface area contributed by atoms with Gasteiger partial charge in [-0.3, -0.25) is 28.9 Å². The number of carbonyl (C=O) groups excluding carboxylic acids is 5. The summed E-state index contributed by atoms with van der Waals surface area (Å²) < 4.78 is 0. The Kier molecular flexibility index (Phi) is 10.9. The zero-order chi connectivity index (χ0) is 32.6. The van der Waals surface area contributed by atoms with Gasteiger partial charge in [0.15, 0.2) is 0 Å². The molecule has 4 atom stereocenters. The molecule has 2 aliphatic rings. The lowest BCUT2D eigenvalue weighted by Crippen LogP contribution is -2.56. The third-order valence-electron chi connectivity index (χ3n) is 8.89. The highest BCUT2D eigenvalue weighted by atomic mass is 32.1. The van der Waals surface area contributed by atoms with Crippen molar-refractivity contribution in [2.75, 3.05) is 20.1 Å². The highest BCUT2D eigenvalue weighted by Gasteiger charge is 2.39. The topological polar surface area (TPSA) is 116 Å². The van der Waals surface area contributed by atoms with Gasteiger partial charge in [-0.25, -0.2) is 0 Å². The lowest BCUT2D eigenvalue weighted by molar-refractivity contribution is -0.142. The summed E-state index contributed by atoms with van der Waals surface area (Å²) in [4.78, 5) is 68.9. The monoisotopic (exact) mass is 640 g/mol. The molecular formula is C36H40N4O5S. The van der Waals surface area contributed by atoms with Crippen LogP contribution in [0.5, 0.6) is 0 Å². The Morgan fingerprint density at radius 1 is 0.848 bits per heavy atom. The lowest BCUT2D eigenvalue weighted by atomic mass is 9.90. The van der Waals surface area contributed by atoms with Crippen LogP contribution in [-0.2, 0) is 20.8 Å². The van der Waals surface area contributed by atoms with Crippen molar-refractivity contribution in [3.63, 3.8) is 0 Å². The number of imide groups is 1. The number of benzene rings is 3. The molecular weight excluding hydrogens is 600 g/mol. The minimum Gasteiger partial charge on any atom is -0.357 e. The molecule has 1 fully saturated rings. The molecule has 3 aromatic carbocycles. The summed E-state index contributed by atoms with van der Waals surface area (Å²) in [6.45, 7) is 0.628. The normalized spacial score (nSPS) is 19.3. The van der Waals surface area contributed by atoms with Gasteiger partial charge in [-0.15, -0.1) is 0 Å². The molecule has 2 aliphatic heterocycles. The Morgan fingerprint density at radius 3 is 2.09 bits per heavy atom. The number of likely N-dealkylation sites (tertiary alicyclic amines) is 1. The van der Waals surface area contributed by atoms with Crippen molar-refractivity contribution in [3.8, 4) is 0 Å². The lowest BCUT2D eigenvalue weighted by Gasteiger charge is -2.32. The summed E-state index contributed by atoms with van der Waals surface area (Å²) in [6.07, 6.45) is 2.88. The molecule has 2 N–H and O–H groups in total. The van der Waals surface area contributed by atoms with E-state index in [2.05, 4.69) is 23.3 Å². The van der Waals surface area contributed by atoms with Gasteiger partial charge in [0.05, 0.1) is 16.4 Å². The van der Waals surface area contributed by atoms with Gasteiger partial charge < -0.3 is 15.5 Å². The molecule has 5 rings (SSSR count). The number of unbranched alkanes of at least 4 members (excludes halogenated alkanes) is 1. The molecule has 240 valence electrons. The number of rotatable bonds is 12. The molecule has 0 aromatic heterocycles. The van der Waals surface area contributed by atoms with Crippen molar-refractivity contribution in [3.05, 3.63) is 107 Å². The van der Waals surface area contributed by atoms with E-state index in [0.29, 0.717) is 56.2 Å². The van der Waals surface area contributed by atoms with Crippen LogP contribution in [0.25, 0.3) is 0 Å². The summed E-state index contributed by atoms with van der Waals surface area (Å²) >= 11 is 4.56. The Bertz CT molecular complexity index is 1530. The number of nitrogens with one attached hydrogen (secondary N) is 2. The third kappa shape index (κ3) is 7.50. The van der Waals surface area contributed by atoms with Gasteiger partial charge in [0.1, 0.15) is 12.1 Å². The van der Waals surface area contributed by atoms with Crippen LogP contribution in [0.1, 0.15) is 69.9 Å². The summed E-state index contributed by atoms with van der Waals surface area (Å²) in [5.41, 5.74) is 2.84. The highest BCUT2D eigenvalue weighted by Crippen LogP contribution is 2.30. The zero-order valence-corrected chi connectivity index (χ0v) is 26.8. The highest BCUT2D eigenvalue weighted by molar-refractivity contribution is 7.81. The molecule has 0 aliphatic carbocycles. The predicted octanol–water partition coefficient (Wildman–Crippen LogP) is 4.00. The van der Waals surface area contributed by atoms with Crippen molar-refractivity contribution < 1.29 is 24.0 Å². The zero-order valence-electron chi connectivity index (χ0n) is 25.9. The molecule has 0 bridgehead atoms. The maximum absolute atomic E-state index is 14.1. The van der Waals surface area contributed by atoms with Crippen LogP contribution in [-0.4, -0.2) is 76.8 Å². The van der Waals surface area contributed by atoms with Crippen molar-refractivity contribution in [1.82, 2.24) is 20.4 Å². The van der Waals surface area contributed by atoms with Gasteiger partial charge in [0, 0.05) is 26.6 Å². The van der Waals surface area contributed by atoms with Gasteiger partial charge >= 0.3 is 0 Å². The molecule has 0 radical (unpaired) electrons. The fraction of sp³-hybridized carbons (Fsp3) is 0.361. The number of carbonyl (C=O) groups is 5. The van der Waals surface area contributed by atoms with Crippen molar-refractivity contribution in [2.24, 2.45) is 0 Å². The van der Waals surface area contributed by atoms with Gasteiger partial charge in [0.2, 0.25) is 17.7 Å². The van der Waals surface area contributed by atoms with Crippen LogP contribution in [0.3, 0.4) is 0 Å². The molecule has 4 unspecified atom stereocenters. The Balaban J connectivity index is 1.24. The minimum atomic E-state index is -0.837. The SMILES string of the molecule is CNC(=O)C(Cc1ccccc1)N1CCC(c2ccccc2)CC(NC(=O)C(S)CCCCN2C(=O)c3ccccc3C2=O)C1=O. The fourth-order valence-electron chi connectivity index (χ4n) is 6.36. The number of nitrogens with zero attached hydrogens (tertiary/aromatic N) is 2. The number of hydrogen-bond donors (Lipinski definition) is 3. The molecule has 46 heavy (non-hydrogen) atoms. The molecule has 5 amide bonds. The molecule has 0 saturated carbocycles. The first-order chi connectivity index (χ1) is 22.3. The Morgan fingerprint density at radius 2 is 1.46 bits per heavy atom. The molecule has 0 spiro atoms. The first kappa shape index (κ1) is 32.9. The fourth-order valence-corrected chi connectivity index (χ4v) is 6.62. The number of thiol groups is 1. The van der Waals surface area contributed by atoms with E-state index in [9.17, 15) is 24.0 Å². The standard InChI is InChI=1S/C36H40N4O5S/c1-37-32(41)30(22-24-12-4-2-5-13-24)39-21-19-26(25-14-6-3-7-15-25)23-29(36(39)45)38-33(42)31(46)18-10-11-20-40-34(43)27-16-8-9-17-28(27)35(40)44/h2-9,12-17,26,29-31,46H,10-11,18-23H2,1H3,(H,37,41)(H,38,42).